The number of likely N-dealkylation sites (tertiary alicyclic amines) is 1. The molecule has 1 aliphatic heterocycles. The minimum atomic E-state index is -0.935. The van der Waals surface area contributed by atoms with Crippen LogP contribution in [0.2, 0.25) is 0 Å². The first-order valence-electron chi connectivity index (χ1n) is 6.59. The maximum absolute atomic E-state index is 12.3. The molecule has 0 aromatic rings. The first-order valence-corrected chi connectivity index (χ1v) is 7.98. The topological polar surface area (TPSA) is 83.6 Å². The Balaban J connectivity index is 2.83. The number of carboxylic acid groups (broad SMARTS) is 1. The van der Waals surface area contributed by atoms with Crippen LogP contribution in [-0.2, 0) is 9.59 Å². The van der Waals surface area contributed by atoms with Crippen molar-refractivity contribution in [2.24, 2.45) is 11.1 Å². The summed E-state index contributed by atoms with van der Waals surface area (Å²) in [6.07, 6.45) is 4.19. The number of carbonyl (C=O) groups is 2. The highest BCUT2D eigenvalue weighted by molar-refractivity contribution is 7.98. The molecule has 0 spiro atoms. The van der Waals surface area contributed by atoms with Crippen LogP contribution in [0.5, 0.6) is 0 Å². The van der Waals surface area contributed by atoms with E-state index in [-0.39, 0.29) is 5.91 Å². The zero-order valence-corrected chi connectivity index (χ0v) is 12.7. The molecule has 0 bridgehead atoms. The molecule has 2 atom stereocenters. The van der Waals surface area contributed by atoms with Crippen LogP contribution in [0.3, 0.4) is 0 Å². The Morgan fingerprint density at radius 3 is 2.68 bits per heavy atom. The van der Waals surface area contributed by atoms with Gasteiger partial charge < -0.3 is 15.7 Å². The van der Waals surface area contributed by atoms with Crippen molar-refractivity contribution < 1.29 is 14.7 Å². The Labute approximate surface area is 118 Å². The van der Waals surface area contributed by atoms with Gasteiger partial charge in [-0.25, -0.2) is 4.79 Å². The van der Waals surface area contributed by atoms with Crippen molar-refractivity contribution in [1.29, 1.82) is 0 Å². The number of carboxylic acids is 1. The van der Waals surface area contributed by atoms with Crippen LogP contribution in [0.25, 0.3) is 0 Å². The maximum Gasteiger partial charge on any atom is 0.326 e. The Morgan fingerprint density at radius 2 is 2.16 bits per heavy atom. The third kappa shape index (κ3) is 3.86. The largest absolute Gasteiger partial charge is 0.480 e. The summed E-state index contributed by atoms with van der Waals surface area (Å²) in [4.78, 5) is 25.3. The van der Waals surface area contributed by atoms with E-state index in [4.69, 9.17) is 5.73 Å². The van der Waals surface area contributed by atoms with Gasteiger partial charge in [0.25, 0.3) is 0 Å². The highest BCUT2D eigenvalue weighted by Gasteiger charge is 2.45. The van der Waals surface area contributed by atoms with Gasteiger partial charge in [0.1, 0.15) is 6.04 Å². The summed E-state index contributed by atoms with van der Waals surface area (Å²) >= 11 is 1.63. The van der Waals surface area contributed by atoms with E-state index in [1.165, 1.54) is 4.90 Å². The van der Waals surface area contributed by atoms with Gasteiger partial charge in [-0.05, 0) is 36.7 Å². The smallest absolute Gasteiger partial charge is 0.326 e. The molecule has 0 aliphatic carbocycles. The van der Waals surface area contributed by atoms with E-state index in [9.17, 15) is 14.7 Å². The van der Waals surface area contributed by atoms with Gasteiger partial charge in [0, 0.05) is 6.54 Å². The number of hydrogen-bond donors (Lipinski definition) is 2. The molecule has 1 fully saturated rings. The quantitative estimate of drug-likeness (QED) is 0.793. The molecule has 0 saturated carbocycles. The zero-order chi connectivity index (χ0) is 14.6. The van der Waals surface area contributed by atoms with E-state index in [0.29, 0.717) is 13.0 Å². The fourth-order valence-electron chi connectivity index (χ4n) is 2.68. The fourth-order valence-corrected chi connectivity index (χ4v) is 3.17. The van der Waals surface area contributed by atoms with Crippen molar-refractivity contribution in [2.45, 2.75) is 45.2 Å². The van der Waals surface area contributed by atoms with Crippen LogP contribution in [0, 0.1) is 5.41 Å². The number of piperidine rings is 1. The molecule has 0 aromatic carbocycles. The summed E-state index contributed by atoms with van der Waals surface area (Å²) in [5.41, 5.74) is 5.48. The Hall–Kier alpha value is -0.750. The first kappa shape index (κ1) is 16.3. The van der Waals surface area contributed by atoms with Crippen molar-refractivity contribution in [3.05, 3.63) is 0 Å². The molecule has 1 rings (SSSR count). The van der Waals surface area contributed by atoms with Crippen molar-refractivity contribution >= 4 is 23.6 Å². The SMILES string of the molecule is CSCC[C@H](N)C(=O)N1CCCC(C)(C)C1C(=O)O. The molecule has 1 heterocycles. The average Bonchev–Trinajstić information content (AvgIpc) is 2.32. The summed E-state index contributed by atoms with van der Waals surface area (Å²) in [5.74, 6) is -0.355. The van der Waals surface area contributed by atoms with Crippen LogP contribution in [-0.4, -0.2) is 52.5 Å². The Bertz CT molecular complexity index is 347. The minimum absolute atomic E-state index is 0.228. The fraction of sp³-hybridized carbons (Fsp3) is 0.846. The number of carbonyl (C=O) groups excluding carboxylic acids is 1. The Morgan fingerprint density at radius 1 is 1.53 bits per heavy atom. The highest BCUT2D eigenvalue weighted by Crippen LogP contribution is 2.35. The number of nitrogens with two attached hydrogens (primary N) is 1. The number of rotatable bonds is 5. The molecule has 1 saturated heterocycles. The van der Waals surface area contributed by atoms with Crippen LogP contribution >= 0.6 is 11.8 Å². The van der Waals surface area contributed by atoms with Gasteiger partial charge in [0.15, 0.2) is 0 Å². The second-order valence-electron chi connectivity index (χ2n) is 5.75. The zero-order valence-electron chi connectivity index (χ0n) is 11.9. The molecule has 6 heteroatoms. The van der Waals surface area contributed by atoms with Gasteiger partial charge in [0.2, 0.25) is 5.91 Å². The lowest BCUT2D eigenvalue weighted by Crippen LogP contribution is -2.59. The van der Waals surface area contributed by atoms with E-state index < -0.39 is 23.5 Å². The molecule has 0 radical (unpaired) electrons. The molecular formula is C13H24N2O3S. The van der Waals surface area contributed by atoms with E-state index in [0.717, 1.165) is 18.6 Å². The molecule has 0 aromatic heterocycles. The van der Waals surface area contributed by atoms with Gasteiger partial charge in [0.05, 0.1) is 6.04 Å². The predicted molar refractivity (Wildman–Crippen MR) is 77.1 cm³/mol. The minimum Gasteiger partial charge on any atom is -0.480 e. The monoisotopic (exact) mass is 288 g/mol. The second kappa shape index (κ2) is 6.61. The summed E-state index contributed by atoms with van der Waals surface area (Å²) in [6, 6.07) is -1.36. The number of hydrogen-bond acceptors (Lipinski definition) is 4. The standard InChI is InChI=1S/C13H24N2O3S/c1-13(2)6-4-7-15(10(13)12(17)18)11(16)9(14)5-8-19-3/h9-10H,4-8,14H2,1-3H3,(H,17,18)/t9-,10?/m0/s1. The predicted octanol–water partition coefficient (Wildman–Crippen LogP) is 1.17. The average molecular weight is 288 g/mol. The number of amides is 1. The third-order valence-electron chi connectivity index (χ3n) is 3.74. The lowest BCUT2D eigenvalue weighted by atomic mass is 9.76. The van der Waals surface area contributed by atoms with E-state index in [2.05, 4.69) is 0 Å². The highest BCUT2D eigenvalue weighted by atomic mass is 32.2. The van der Waals surface area contributed by atoms with Gasteiger partial charge in [-0.1, -0.05) is 13.8 Å². The van der Waals surface area contributed by atoms with Crippen LogP contribution in [0.1, 0.15) is 33.1 Å². The van der Waals surface area contributed by atoms with Gasteiger partial charge >= 0.3 is 5.97 Å². The molecule has 3 N–H and O–H groups in total. The Kier molecular flexibility index (Phi) is 5.67. The van der Waals surface area contributed by atoms with Crippen molar-refractivity contribution in [1.82, 2.24) is 4.90 Å². The molecule has 1 aliphatic rings. The molecular weight excluding hydrogens is 264 g/mol. The third-order valence-corrected chi connectivity index (χ3v) is 4.38. The van der Waals surface area contributed by atoms with E-state index in [1.807, 2.05) is 20.1 Å². The molecule has 110 valence electrons. The van der Waals surface area contributed by atoms with Gasteiger partial charge in [-0.3, -0.25) is 4.79 Å². The summed E-state index contributed by atoms with van der Waals surface area (Å²) in [5, 5.41) is 9.41. The summed E-state index contributed by atoms with van der Waals surface area (Å²) in [7, 11) is 0. The van der Waals surface area contributed by atoms with Gasteiger partial charge in [-0.2, -0.15) is 11.8 Å². The molecule has 5 nitrogen and oxygen atoms in total. The van der Waals surface area contributed by atoms with Gasteiger partial charge in [-0.15, -0.1) is 0 Å². The summed E-state index contributed by atoms with van der Waals surface area (Å²) in [6.45, 7) is 4.30. The lowest BCUT2D eigenvalue weighted by molar-refractivity contribution is -0.159. The summed E-state index contributed by atoms with van der Waals surface area (Å²) < 4.78 is 0. The normalized spacial score (nSPS) is 24.0. The van der Waals surface area contributed by atoms with Crippen LogP contribution in [0.15, 0.2) is 0 Å². The molecule has 1 amide bonds. The molecule has 1 unspecified atom stereocenters. The second-order valence-corrected chi connectivity index (χ2v) is 6.74. The van der Waals surface area contributed by atoms with Crippen molar-refractivity contribution in [2.75, 3.05) is 18.6 Å². The van der Waals surface area contributed by atoms with E-state index in [1.54, 1.807) is 11.8 Å². The molecule has 19 heavy (non-hydrogen) atoms. The van der Waals surface area contributed by atoms with Crippen molar-refractivity contribution in [3.8, 4) is 0 Å². The first-order chi connectivity index (χ1) is 8.81. The maximum atomic E-state index is 12.3. The number of aliphatic carboxylic acids is 1. The van der Waals surface area contributed by atoms with Crippen LogP contribution < -0.4 is 5.73 Å². The number of thioether (sulfide) groups is 1. The van der Waals surface area contributed by atoms with E-state index >= 15 is 0 Å². The van der Waals surface area contributed by atoms with Crippen LogP contribution in [0.4, 0.5) is 0 Å². The lowest BCUT2D eigenvalue weighted by Gasteiger charge is -2.44. The number of nitrogens with zero attached hydrogens (tertiary/aromatic N) is 1. The van der Waals surface area contributed by atoms with Crippen molar-refractivity contribution in [3.63, 3.8) is 0 Å².